The molecule has 1 unspecified atom stereocenters. The smallest absolute Gasteiger partial charge is 0.264 e. The van der Waals surface area contributed by atoms with Gasteiger partial charge in [-0.25, -0.2) is 12.8 Å². The molecule has 1 atom stereocenters. The molecule has 10 heteroatoms. The highest BCUT2D eigenvalue weighted by molar-refractivity contribution is 7.92. The maximum Gasteiger partial charge on any atom is 0.264 e. The lowest BCUT2D eigenvalue weighted by Crippen LogP contribution is -2.51. The summed E-state index contributed by atoms with van der Waals surface area (Å²) in [5, 5.41) is 2.57. The summed E-state index contributed by atoms with van der Waals surface area (Å²) in [7, 11) is -1.36. The Bertz CT molecular complexity index is 1380. The number of benzene rings is 3. The van der Waals surface area contributed by atoms with Crippen LogP contribution in [0.1, 0.15) is 24.5 Å². The van der Waals surface area contributed by atoms with E-state index in [0.717, 1.165) is 15.9 Å². The normalized spacial score (nSPS) is 11.9. The van der Waals surface area contributed by atoms with Crippen molar-refractivity contribution in [3.63, 3.8) is 0 Å². The first-order chi connectivity index (χ1) is 18.1. The predicted octanol–water partition coefficient (Wildman–Crippen LogP) is 3.89. The Morgan fingerprint density at radius 2 is 1.71 bits per heavy atom. The number of hydrogen-bond acceptors (Lipinski definition) is 5. The van der Waals surface area contributed by atoms with Crippen LogP contribution in [0.4, 0.5) is 10.1 Å². The Kier molecular flexibility index (Phi) is 9.46. The van der Waals surface area contributed by atoms with Crippen LogP contribution in [-0.2, 0) is 26.2 Å². The highest BCUT2D eigenvalue weighted by Crippen LogP contribution is 2.27. The van der Waals surface area contributed by atoms with Gasteiger partial charge in [0, 0.05) is 13.6 Å². The van der Waals surface area contributed by atoms with Gasteiger partial charge in [0.2, 0.25) is 11.8 Å². The lowest BCUT2D eigenvalue weighted by atomic mass is 10.1. The summed E-state index contributed by atoms with van der Waals surface area (Å²) in [6.45, 7) is 2.87. The zero-order chi connectivity index (χ0) is 27.9. The van der Waals surface area contributed by atoms with Crippen molar-refractivity contribution in [2.45, 2.75) is 37.8 Å². The molecule has 0 aromatic heterocycles. The van der Waals surface area contributed by atoms with Crippen molar-refractivity contribution < 1.29 is 27.1 Å². The molecule has 3 aromatic rings. The molecule has 0 aliphatic carbocycles. The van der Waals surface area contributed by atoms with Crippen molar-refractivity contribution in [1.29, 1.82) is 0 Å². The molecule has 3 aromatic carbocycles. The van der Waals surface area contributed by atoms with Crippen LogP contribution in [0.2, 0.25) is 0 Å². The molecule has 0 aliphatic rings. The van der Waals surface area contributed by atoms with Gasteiger partial charge < -0.3 is 15.0 Å². The zero-order valence-corrected chi connectivity index (χ0v) is 22.7. The number of carbonyl (C=O) groups excluding carboxylic acids is 2. The van der Waals surface area contributed by atoms with Crippen LogP contribution in [-0.4, -0.2) is 51.9 Å². The number of para-hydroxylation sites is 1. The van der Waals surface area contributed by atoms with E-state index in [9.17, 15) is 22.4 Å². The number of rotatable bonds is 11. The molecular formula is C28H32FN3O5S. The van der Waals surface area contributed by atoms with Gasteiger partial charge in [-0.3, -0.25) is 13.9 Å². The maximum atomic E-state index is 14.9. The molecule has 0 fully saturated rings. The van der Waals surface area contributed by atoms with Gasteiger partial charge >= 0.3 is 0 Å². The minimum Gasteiger partial charge on any atom is -0.497 e. The summed E-state index contributed by atoms with van der Waals surface area (Å²) in [5.74, 6) is -1.30. The van der Waals surface area contributed by atoms with Crippen LogP contribution in [0.25, 0.3) is 0 Å². The SMILES string of the molecule is CCC(C(=O)NC)N(Cc1cccc(OC)c1)C(=O)CN(c1ccccc1F)S(=O)(=O)c1ccc(C)cc1. The minimum absolute atomic E-state index is 0.0116. The van der Waals surface area contributed by atoms with Gasteiger partial charge in [-0.15, -0.1) is 0 Å². The minimum atomic E-state index is -4.34. The number of amides is 2. The summed E-state index contributed by atoms with van der Waals surface area (Å²) >= 11 is 0. The second-order valence-electron chi connectivity index (χ2n) is 8.69. The Morgan fingerprint density at radius 3 is 2.32 bits per heavy atom. The summed E-state index contributed by atoms with van der Waals surface area (Å²) in [6, 6.07) is 17.6. The van der Waals surface area contributed by atoms with Crippen LogP contribution < -0.4 is 14.4 Å². The summed E-state index contributed by atoms with van der Waals surface area (Å²) in [5.41, 5.74) is 1.26. The van der Waals surface area contributed by atoms with Crippen molar-refractivity contribution in [1.82, 2.24) is 10.2 Å². The molecule has 0 bridgehead atoms. The van der Waals surface area contributed by atoms with E-state index in [2.05, 4.69) is 5.32 Å². The van der Waals surface area contributed by atoms with E-state index in [0.29, 0.717) is 11.3 Å². The topological polar surface area (TPSA) is 96.0 Å². The zero-order valence-electron chi connectivity index (χ0n) is 21.8. The number of carbonyl (C=O) groups is 2. The van der Waals surface area contributed by atoms with Gasteiger partial charge in [0.15, 0.2) is 0 Å². The fraction of sp³-hybridized carbons (Fsp3) is 0.286. The third-order valence-corrected chi connectivity index (χ3v) is 7.90. The van der Waals surface area contributed by atoms with E-state index in [-0.39, 0.29) is 23.5 Å². The number of likely N-dealkylation sites (N-methyl/N-ethyl adjacent to an activating group) is 1. The van der Waals surface area contributed by atoms with E-state index in [4.69, 9.17) is 4.74 Å². The quantitative estimate of drug-likeness (QED) is 0.397. The molecule has 202 valence electrons. The summed E-state index contributed by atoms with van der Waals surface area (Å²) in [4.78, 5) is 27.8. The highest BCUT2D eigenvalue weighted by atomic mass is 32.2. The monoisotopic (exact) mass is 541 g/mol. The maximum absolute atomic E-state index is 14.9. The number of sulfonamides is 1. The van der Waals surface area contributed by atoms with Crippen LogP contribution in [0.5, 0.6) is 5.75 Å². The van der Waals surface area contributed by atoms with Crippen molar-refractivity contribution in [2.24, 2.45) is 0 Å². The average molecular weight is 542 g/mol. The van der Waals surface area contributed by atoms with Gasteiger partial charge in [-0.1, -0.05) is 48.9 Å². The number of nitrogens with one attached hydrogen (secondary N) is 1. The summed E-state index contributed by atoms with van der Waals surface area (Å²) in [6.07, 6.45) is 0.278. The molecule has 38 heavy (non-hydrogen) atoms. The number of ether oxygens (including phenoxy) is 1. The van der Waals surface area contributed by atoms with E-state index >= 15 is 0 Å². The molecule has 0 heterocycles. The molecule has 3 rings (SSSR count). The molecule has 0 radical (unpaired) electrons. The van der Waals surface area contributed by atoms with E-state index in [1.807, 2.05) is 6.92 Å². The molecule has 0 aliphatic heterocycles. The van der Waals surface area contributed by atoms with Gasteiger partial charge in [-0.2, -0.15) is 0 Å². The Balaban J connectivity index is 2.07. The second-order valence-corrected chi connectivity index (χ2v) is 10.5. The van der Waals surface area contributed by atoms with Crippen LogP contribution >= 0.6 is 0 Å². The molecule has 2 amide bonds. The van der Waals surface area contributed by atoms with Crippen molar-refractivity contribution in [3.8, 4) is 5.75 Å². The first-order valence-electron chi connectivity index (χ1n) is 12.1. The molecule has 0 spiro atoms. The van der Waals surface area contributed by atoms with Crippen LogP contribution in [0.15, 0.2) is 77.7 Å². The number of aryl methyl sites for hydroxylation is 1. The van der Waals surface area contributed by atoms with E-state index < -0.39 is 40.2 Å². The van der Waals surface area contributed by atoms with Crippen LogP contribution in [0.3, 0.4) is 0 Å². The molecule has 0 saturated heterocycles. The van der Waals surface area contributed by atoms with Gasteiger partial charge in [0.05, 0.1) is 17.7 Å². The number of halogens is 1. The Labute approximate surface area is 223 Å². The molecule has 1 N–H and O–H groups in total. The highest BCUT2D eigenvalue weighted by Gasteiger charge is 2.34. The van der Waals surface area contributed by atoms with E-state index in [1.54, 1.807) is 43.3 Å². The van der Waals surface area contributed by atoms with Gasteiger partial charge in [-0.05, 0) is 55.3 Å². The first-order valence-corrected chi connectivity index (χ1v) is 13.5. The summed E-state index contributed by atoms with van der Waals surface area (Å²) < 4.78 is 48.4. The molecule has 0 saturated carbocycles. The first kappa shape index (κ1) is 28.6. The lowest BCUT2D eigenvalue weighted by Gasteiger charge is -2.33. The third-order valence-electron chi connectivity index (χ3n) is 6.13. The number of anilines is 1. The van der Waals surface area contributed by atoms with Crippen LogP contribution in [0, 0.1) is 12.7 Å². The predicted molar refractivity (Wildman–Crippen MR) is 144 cm³/mol. The van der Waals surface area contributed by atoms with Crippen molar-refractivity contribution >= 4 is 27.5 Å². The molecular weight excluding hydrogens is 509 g/mol. The van der Waals surface area contributed by atoms with Gasteiger partial charge in [0.25, 0.3) is 10.0 Å². The third kappa shape index (κ3) is 6.49. The largest absolute Gasteiger partial charge is 0.497 e. The number of hydrogen-bond donors (Lipinski definition) is 1. The Morgan fingerprint density at radius 1 is 1.03 bits per heavy atom. The van der Waals surface area contributed by atoms with Crippen molar-refractivity contribution in [2.75, 3.05) is 25.0 Å². The van der Waals surface area contributed by atoms with E-state index in [1.165, 1.54) is 49.4 Å². The standard InChI is InChI=1S/C28H32FN3O5S/c1-5-25(28(34)30-3)31(18-21-9-8-10-22(17-21)37-4)27(33)19-32(26-12-7-6-11-24(26)29)38(35,36)23-15-13-20(2)14-16-23/h6-17,25H,5,18-19H2,1-4H3,(H,30,34). The fourth-order valence-corrected chi connectivity index (χ4v) is 5.48. The fourth-order valence-electron chi connectivity index (χ4n) is 4.06. The number of nitrogens with zero attached hydrogens (tertiary/aromatic N) is 2. The van der Waals surface area contributed by atoms with Gasteiger partial charge in [0.1, 0.15) is 24.2 Å². The second kappa shape index (κ2) is 12.6. The molecule has 8 nitrogen and oxygen atoms in total. The Hall–Kier alpha value is -3.92. The average Bonchev–Trinajstić information content (AvgIpc) is 2.92. The lowest BCUT2D eigenvalue weighted by molar-refractivity contribution is -0.140. The van der Waals surface area contributed by atoms with Crippen molar-refractivity contribution in [3.05, 3.63) is 89.7 Å². The number of methoxy groups -OCH3 is 1.